The second-order valence-corrected chi connectivity index (χ2v) is 9.90. The van der Waals surface area contributed by atoms with Gasteiger partial charge in [0.05, 0.1) is 23.3 Å². The third-order valence-electron chi connectivity index (χ3n) is 7.05. The van der Waals surface area contributed by atoms with E-state index in [4.69, 9.17) is 10.5 Å². The monoisotopic (exact) mass is 519 g/mol. The Labute approximate surface area is 216 Å². The maximum atomic E-state index is 13.6. The standard InChI is InChI=1S/C27H26FN5O5/c1-26(24(29)35)13-38-22-17(26)11-20(32-21(22)14-4-7-16(28)8-5-14)27(2,37)12-30-23(34)15-6-9-19-18(10-15)31-25(36)33(19)3/h4-11,37H,12-13H2,1-3H3,(H2,29,35)(H,30,34)(H,31,36)/t26-,27-/m0/s1. The van der Waals surface area contributed by atoms with Crippen molar-refractivity contribution in [3.63, 3.8) is 0 Å². The number of pyridine rings is 1. The van der Waals surface area contributed by atoms with Crippen LogP contribution in [0, 0.1) is 5.82 Å². The van der Waals surface area contributed by atoms with Gasteiger partial charge in [-0.05, 0) is 62.4 Å². The minimum absolute atomic E-state index is 0.0140. The number of aromatic amines is 1. The van der Waals surface area contributed by atoms with Crippen molar-refractivity contribution in [2.24, 2.45) is 12.8 Å². The van der Waals surface area contributed by atoms with Crippen molar-refractivity contribution in [1.29, 1.82) is 0 Å². The van der Waals surface area contributed by atoms with Crippen LogP contribution in [0.5, 0.6) is 5.75 Å². The second-order valence-electron chi connectivity index (χ2n) is 9.90. The molecule has 3 heterocycles. The third kappa shape index (κ3) is 4.10. The molecule has 10 nitrogen and oxygen atoms in total. The molecule has 0 radical (unpaired) electrons. The first kappa shape index (κ1) is 25.2. The first-order valence-electron chi connectivity index (χ1n) is 11.8. The molecular weight excluding hydrogens is 493 g/mol. The number of aliphatic hydroxyl groups is 1. The normalized spacial score (nSPS) is 18.0. The lowest BCUT2D eigenvalue weighted by molar-refractivity contribution is -0.123. The summed E-state index contributed by atoms with van der Waals surface area (Å²) in [6.07, 6.45) is 0. The molecule has 0 unspecified atom stereocenters. The van der Waals surface area contributed by atoms with Crippen LogP contribution in [-0.4, -0.2) is 44.6 Å². The number of fused-ring (bicyclic) bond motifs is 2. The minimum Gasteiger partial charge on any atom is -0.489 e. The average Bonchev–Trinajstić information content (AvgIpc) is 3.39. The van der Waals surface area contributed by atoms with Crippen LogP contribution in [0.25, 0.3) is 22.3 Å². The molecule has 0 bridgehead atoms. The van der Waals surface area contributed by atoms with E-state index in [9.17, 15) is 23.9 Å². The molecule has 38 heavy (non-hydrogen) atoms. The fraction of sp³-hybridized carbons (Fsp3) is 0.259. The molecule has 196 valence electrons. The van der Waals surface area contributed by atoms with E-state index in [1.165, 1.54) is 35.8 Å². The zero-order valence-corrected chi connectivity index (χ0v) is 21.0. The van der Waals surface area contributed by atoms with Crippen LogP contribution in [-0.2, 0) is 22.9 Å². The summed E-state index contributed by atoms with van der Waals surface area (Å²) >= 11 is 0. The van der Waals surface area contributed by atoms with E-state index in [1.807, 2.05) is 0 Å². The Morgan fingerprint density at radius 1 is 1.26 bits per heavy atom. The Hall–Kier alpha value is -4.51. The highest BCUT2D eigenvalue weighted by atomic mass is 19.1. The number of rotatable bonds is 6. The summed E-state index contributed by atoms with van der Waals surface area (Å²) in [5.74, 6) is -1.19. The largest absolute Gasteiger partial charge is 0.489 e. The van der Waals surface area contributed by atoms with Crippen LogP contribution >= 0.6 is 0 Å². The van der Waals surface area contributed by atoms with Gasteiger partial charge in [0, 0.05) is 23.7 Å². The quantitative estimate of drug-likeness (QED) is 0.305. The summed E-state index contributed by atoms with van der Waals surface area (Å²) in [5, 5.41) is 14.1. The molecule has 2 amide bonds. The molecule has 0 saturated carbocycles. The van der Waals surface area contributed by atoms with Gasteiger partial charge < -0.3 is 25.9 Å². The second kappa shape index (κ2) is 8.80. The Balaban J connectivity index is 1.49. The van der Waals surface area contributed by atoms with Crippen LogP contribution in [0.1, 0.15) is 35.5 Å². The molecule has 0 aliphatic carbocycles. The zero-order valence-electron chi connectivity index (χ0n) is 21.0. The van der Waals surface area contributed by atoms with Crippen molar-refractivity contribution in [3.8, 4) is 17.0 Å². The number of hydrogen-bond donors (Lipinski definition) is 4. The number of aryl methyl sites for hydroxylation is 1. The lowest BCUT2D eigenvalue weighted by atomic mass is 9.82. The number of primary amides is 1. The van der Waals surface area contributed by atoms with E-state index in [0.717, 1.165) is 0 Å². The van der Waals surface area contributed by atoms with Crippen molar-refractivity contribution in [2.45, 2.75) is 24.9 Å². The molecule has 2 atom stereocenters. The lowest BCUT2D eigenvalue weighted by Gasteiger charge is -2.26. The summed E-state index contributed by atoms with van der Waals surface area (Å²) < 4.78 is 20.8. The predicted molar refractivity (Wildman–Crippen MR) is 137 cm³/mol. The molecule has 5 N–H and O–H groups in total. The van der Waals surface area contributed by atoms with Gasteiger partial charge in [-0.1, -0.05) is 0 Å². The van der Waals surface area contributed by atoms with Crippen LogP contribution < -0.4 is 21.5 Å². The van der Waals surface area contributed by atoms with Crippen molar-refractivity contribution in [3.05, 3.63) is 81.7 Å². The number of nitrogens with zero attached hydrogens (tertiary/aromatic N) is 2. The Kier molecular flexibility index (Phi) is 5.83. The fourth-order valence-electron chi connectivity index (χ4n) is 4.49. The molecule has 11 heteroatoms. The summed E-state index contributed by atoms with van der Waals surface area (Å²) in [6, 6.07) is 11.9. The van der Waals surface area contributed by atoms with Gasteiger partial charge in [-0.2, -0.15) is 0 Å². The molecule has 1 aliphatic heterocycles. The van der Waals surface area contributed by atoms with E-state index in [2.05, 4.69) is 15.3 Å². The summed E-state index contributed by atoms with van der Waals surface area (Å²) in [6.45, 7) is 2.88. The topological polar surface area (TPSA) is 152 Å². The van der Waals surface area contributed by atoms with E-state index in [0.29, 0.717) is 39.2 Å². The van der Waals surface area contributed by atoms with E-state index in [1.54, 1.807) is 38.2 Å². The van der Waals surface area contributed by atoms with E-state index in [-0.39, 0.29) is 24.5 Å². The maximum absolute atomic E-state index is 13.6. The van der Waals surface area contributed by atoms with Crippen molar-refractivity contribution < 1.29 is 23.8 Å². The molecule has 5 rings (SSSR count). The van der Waals surface area contributed by atoms with Gasteiger partial charge >= 0.3 is 5.69 Å². The zero-order chi connectivity index (χ0) is 27.4. The highest BCUT2D eigenvalue weighted by Crippen LogP contribution is 2.45. The minimum atomic E-state index is -1.67. The van der Waals surface area contributed by atoms with Gasteiger partial charge in [0.15, 0.2) is 0 Å². The number of nitrogens with two attached hydrogens (primary N) is 1. The number of imidazole rings is 1. The number of amides is 2. The SMILES string of the molecule is Cn1c(=O)[nH]c2cc(C(=O)NC[C@](C)(O)c3cc4c(c(-c5ccc(F)cc5)n3)OC[C@]4(C)C(N)=O)ccc21. The number of H-pyrrole nitrogens is 1. The molecule has 2 aromatic carbocycles. The smallest absolute Gasteiger partial charge is 0.326 e. The molecular formula is C27H26FN5O5. The number of aromatic nitrogens is 3. The Morgan fingerprint density at radius 2 is 1.97 bits per heavy atom. The van der Waals surface area contributed by atoms with Crippen LogP contribution in [0.2, 0.25) is 0 Å². The van der Waals surface area contributed by atoms with Crippen molar-refractivity contribution in [2.75, 3.05) is 13.2 Å². The number of hydrogen-bond acceptors (Lipinski definition) is 6. The fourth-order valence-corrected chi connectivity index (χ4v) is 4.49. The molecule has 0 fully saturated rings. The third-order valence-corrected chi connectivity index (χ3v) is 7.05. The summed E-state index contributed by atoms with van der Waals surface area (Å²) in [4.78, 5) is 44.4. The van der Waals surface area contributed by atoms with Crippen LogP contribution in [0.4, 0.5) is 4.39 Å². The highest BCUT2D eigenvalue weighted by molar-refractivity contribution is 5.97. The highest BCUT2D eigenvalue weighted by Gasteiger charge is 2.45. The van der Waals surface area contributed by atoms with Crippen molar-refractivity contribution in [1.82, 2.24) is 19.9 Å². The Morgan fingerprint density at radius 3 is 2.66 bits per heavy atom. The summed E-state index contributed by atoms with van der Waals surface area (Å²) in [5.41, 5.74) is 5.43. The molecule has 1 aliphatic rings. The van der Waals surface area contributed by atoms with Crippen LogP contribution in [0.3, 0.4) is 0 Å². The van der Waals surface area contributed by atoms with Gasteiger partial charge in [0.2, 0.25) is 5.91 Å². The van der Waals surface area contributed by atoms with E-state index < -0.39 is 28.6 Å². The average molecular weight is 520 g/mol. The van der Waals surface area contributed by atoms with E-state index >= 15 is 0 Å². The molecule has 0 spiro atoms. The summed E-state index contributed by atoms with van der Waals surface area (Å²) in [7, 11) is 1.62. The number of carbonyl (C=O) groups is 2. The van der Waals surface area contributed by atoms with Gasteiger partial charge in [-0.3, -0.25) is 14.2 Å². The number of carbonyl (C=O) groups excluding carboxylic acids is 2. The van der Waals surface area contributed by atoms with Gasteiger partial charge in [-0.15, -0.1) is 0 Å². The number of halogens is 1. The van der Waals surface area contributed by atoms with Gasteiger partial charge in [0.25, 0.3) is 5.91 Å². The predicted octanol–water partition coefficient (Wildman–Crippen LogP) is 1.84. The Bertz CT molecular complexity index is 1660. The number of nitrogens with one attached hydrogen (secondary N) is 2. The first-order chi connectivity index (χ1) is 17.9. The number of ether oxygens (including phenoxy) is 1. The molecule has 2 aromatic heterocycles. The first-order valence-corrected chi connectivity index (χ1v) is 11.8. The lowest BCUT2D eigenvalue weighted by Crippen LogP contribution is -2.41. The molecule has 0 saturated heterocycles. The van der Waals surface area contributed by atoms with Crippen LogP contribution in [0.15, 0.2) is 53.3 Å². The van der Waals surface area contributed by atoms with Gasteiger partial charge in [-0.25, -0.2) is 14.2 Å². The maximum Gasteiger partial charge on any atom is 0.326 e. The van der Waals surface area contributed by atoms with Crippen molar-refractivity contribution >= 4 is 22.8 Å². The number of benzene rings is 2. The van der Waals surface area contributed by atoms with Gasteiger partial charge in [0.1, 0.15) is 34.9 Å². The molecule has 4 aromatic rings.